The number of hydrogen-bond acceptors (Lipinski definition) is 8. The smallest absolute Gasteiger partial charge is 0.254 e. The summed E-state index contributed by atoms with van der Waals surface area (Å²) in [6, 6.07) is 9.25. The van der Waals surface area contributed by atoms with E-state index in [9.17, 15) is 4.79 Å². The van der Waals surface area contributed by atoms with Gasteiger partial charge in [-0.25, -0.2) is 20.8 Å². The van der Waals surface area contributed by atoms with E-state index in [1.165, 1.54) is 11.2 Å². The summed E-state index contributed by atoms with van der Waals surface area (Å²) in [6.07, 6.45) is 5.62. The maximum Gasteiger partial charge on any atom is 0.254 e. The number of aromatic nitrogens is 4. The monoisotopic (exact) mass is 406 g/mol. The summed E-state index contributed by atoms with van der Waals surface area (Å²) >= 11 is 0. The van der Waals surface area contributed by atoms with Crippen LogP contribution in [0, 0.1) is 5.92 Å². The van der Waals surface area contributed by atoms with E-state index in [4.69, 9.17) is 11.6 Å². The van der Waals surface area contributed by atoms with Crippen LogP contribution >= 0.6 is 0 Å². The lowest BCUT2D eigenvalue weighted by molar-refractivity contribution is 0.100. The lowest BCUT2D eigenvalue weighted by Crippen LogP contribution is -2.41. The van der Waals surface area contributed by atoms with Gasteiger partial charge in [-0.2, -0.15) is 4.98 Å². The second-order valence-corrected chi connectivity index (χ2v) is 7.46. The number of primary amides is 1. The number of nitrogens with one attached hydrogen (secondary N) is 1. The van der Waals surface area contributed by atoms with Gasteiger partial charge in [0.2, 0.25) is 5.95 Å². The molecule has 0 bridgehead atoms. The number of hydrazine groups is 1. The molecule has 0 radical (unpaired) electrons. The molecular formula is C21H26N8O. The van der Waals surface area contributed by atoms with Gasteiger partial charge >= 0.3 is 0 Å². The fourth-order valence-corrected chi connectivity index (χ4v) is 3.09. The molecule has 0 aliphatic rings. The topological polar surface area (TPSA) is 136 Å². The standard InChI is InChI=1S/C21H26N8O/c1-13(2)10-14(3)29(23)21-26-12-17(18(22)30)20(28-21)27-16-7-4-6-15(11-16)19-24-8-5-9-25-19/h4-9,11-14H,10,23H2,1-3H3,(H2,22,30)(H,26,27,28)/t14-/m1/s1. The van der Waals surface area contributed by atoms with Crippen LogP contribution < -0.4 is 21.9 Å². The lowest BCUT2D eigenvalue weighted by atomic mass is 10.1. The van der Waals surface area contributed by atoms with Crippen molar-refractivity contribution >= 4 is 23.4 Å². The van der Waals surface area contributed by atoms with Gasteiger partial charge in [-0.15, -0.1) is 0 Å². The van der Waals surface area contributed by atoms with Gasteiger partial charge in [0.15, 0.2) is 5.82 Å². The molecule has 1 amide bonds. The Morgan fingerprint density at radius 1 is 1.13 bits per heavy atom. The number of nitrogens with zero attached hydrogens (tertiary/aromatic N) is 5. The maximum absolute atomic E-state index is 11.9. The largest absolute Gasteiger partial charge is 0.365 e. The summed E-state index contributed by atoms with van der Waals surface area (Å²) in [5.74, 6) is 7.24. The Labute approximate surface area is 175 Å². The molecule has 0 fully saturated rings. The van der Waals surface area contributed by atoms with E-state index in [1.54, 1.807) is 18.5 Å². The second-order valence-electron chi connectivity index (χ2n) is 7.46. The quantitative estimate of drug-likeness (QED) is 0.384. The number of anilines is 3. The molecule has 30 heavy (non-hydrogen) atoms. The molecule has 0 spiro atoms. The lowest BCUT2D eigenvalue weighted by Gasteiger charge is -2.26. The van der Waals surface area contributed by atoms with Gasteiger partial charge in [0, 0.05) is 35.9 Å². The van der Waals surface area contributed by atoms with Gasteiger partial charge in [0.05, 0.1) is 0 Å². The Kier molecular flexibility index (Phi) is 6.53. The normalized spacial score (nSPS) is 11.9. The Balaban J connectivity index is 1.92. The van der Waals surface area contributed by atoms with Gasteiger partial charge in [0.25, 0.3) is 5.91 Å². The van der Waals surface area contributed by atoms with Crippen molar-refractivity contribution in [3.05, 3.63) is 54.5 Å². The van der Waals surface area contributed by atoms with Crippen molar-refractivity contribution in [2.45, 2.75) is 33.2 Å². The SMILES string of the molecule is CC(C)C[C@@H](C)N(N)c1ncc(C(N)=O)c(Nc2cccc(-c3ncccn3)c2)n1. The van der Waals surface area contributed by atoms with E-state index in [0.29, 0.717) is 23.4 Å². The van der Waals surface area contributed by atoms with Gasteiger partial charge in [-0.1, -0.05) is 26.0 Å². The summed E-state index contributed by atoms with van der Waals surface area (Å²) in [5, 5.41) is 4.65. The summed E-state index contributed by atoms with van der Waals surface area (Å²) in [4.78, 5) is 29.1. The van der Waals surface area contributed by atoms with Crippen molar-refractivity contribution in [2.75, 3.05) is 10.3 Å². The summed E-state index contributed by atoms with van der Waals surface area (Å²) in [7, 11) is 0. The molecule has 0 saturated heterocycles. The Morgan fingerprint density at radius 2 is 1.87 bits per heavy atom. The predicted octanol–water partition coefficient (Wildman–Crippen LogP) is 2.89. The second kappa shape index (κ2) is 9.27. The van der Waals surface area contributed by atoms with Crippen LogP contribution in [-0.4, -0.2) is 31.9 Å². The number of nitrogens with two attached hydrogens (primary N) is 2. The number of amides is 1. The maximum atomic E-state index is 11.9. The minimum atomic E-state index is -0.634. The van der Waals surface area contributed by atoms with Crippen molar-refractivity contribution in [1.82, 2.24) is 19.9 Å². The van der Waals surface area contributed by atoms with Gasteiger partial charge in [-0.05, 0) is 37.5 Å². The molecule has 0 unspecified atom stereocenters. The molecule has 3 aromatic rings. The number of carbonyl (C=O) groups excluding carboxylic acids is 1. The van der Waals surface area contributed by atoms with Crippen molar-refractivity contribution in [2.24, 2.45) is 17.5 Å². The average Bonchev–Trinajstić information content (AvgIpc) is 2.73. The van der Waals surface area contributed by atoms with Gasteiger partial charge in [-0.3, -0.25) is 9.80 Å². The van der Waals surface area contributed by atoms with E-state index in [-0.39, 0.29) is 17.4 Å². The van der Waals surface area contributed by atoms with Crippen molar-refractivity contribution in [1.29, 1.82) is 0 Å². The zero-order chi connectivity index (χ0) is 21.7. The number of benzene rings is 1. The number of carbonyl (C=O) groups is 1. The third kappa shape index (κ3) is 5.06. The molecule has 156 valence electrons. The summed E-state index contributed by atoms with van der Waals surface area (Å²) in [6.45, 7) is 6.25. The Morgan fingerprint density at radius 3 is 2.53 bits per heavy atom. The molecule has 0 aliphatic heterocycles. The molecule has 3 rings (SSSR count). The van der Waals surface area contributed by atoms with E-state index < -0.39 is 5.91 Å². The third-order valence-corrected chi connectivity index (χ3v) is 4.51. The fourth-order valence-electron chi connectivity index (χ4n) is 3.09. The molecule has 2 aromatic heterocycles. The van der Waals surface area contributed by atoms with Crippen LogP contribution in [-0.2, 0) is 0 Å². The highest BCUT2D eigenvalue weighted by Gasteiger charge is 2.19. The minimum absolute atomic E-state index is 0.0239. The van der Waals surface area contributed by atoms with Crippen LogP contribution in [0.4, 0.5) is 17.5 Å². The molecule has 1 atom stereocenters. The number of hydrogen-bond donors (Lipinski definition) is 3. The third-order valence-electron chi connectivity index (χ3n) is 4.51. The molecule has 0 aliphatic carbocycles. The molecule has 2 heterocycles. The Hall–Kier alpha value is -3.59. The van der Waals surface area contributed by atoms with Crippen LogP contribution in [0.15, 0.2) is 48.9 Å². The minimum Gasteiger partial charge on any atom is -0.365 e. The highest BCUT2D eigenvalue weighted by molar-refractivity contribution is 5.98. The first-order chi connectivity index (χ1) is 14.3. The molecule has 9 nitrogen and oxygen atoms in total. The highest BCUT2D eigenvalue weighted by atomic mass is 16.1. The van der Waals surface area contributed by atoms with E-state index in [2.05, 4.69) is 39.1 Å². The van der Waals surface area contributed by atoms with Gasteiger partial charge in [0.1, 0.15) is 11.4 Å². The van der Waals surface area contributed by atoms with E-state index >= 15 is 0 Å². The van der Waals surface area contributed by atoms with Crippen molar-refractivity contribution < 1.29 is 4.79 Å². The van der Waals surface area contributed by atoms with Crippen LogP contribution in [0.5, 0.6) is 0 Å². The van der Waals surface area contributed by atoms with Crippen LogP contribution in [0.2, 0.25) is 0 Å². The van der Waals surface area contributed by atoms with E-state index in [1.807, 2.05) is 31.2 Å². The van der Waals surface area contributed by atoms with E-state index in [0.717, 1.165) is 12.0 Å². The molecule has 9 heteroatoms. The zero-order valence-corrected chi connectivity index (χ0v) is 17.3. The van der Waals surface area contributed by atoms with Crippen LogP contribution in [0.25, 0.3) is 11.4 Å². The highest BCUT2D eigenvalue weighted by Crippen LogP contribution is 2.25. The molecule has 5 N–H and O–H groups in total. The molecular weight excluding hydrogens is 380 g/mol. The summed E-state index contributed by atoms with van der Waals surface area (Å²) in [5.41, 5.74) is 7.21. The number of rotatable bonds is 8. The van der Waals surface area contributed by atoms with Gasteiger partial charge < -0.3 is 11.1 Å². The first-order valence-corrected chi connectivity index (χ1v) is 9.70. The van der Waals surface area contributed by atoms with Crippen molar-refractivity contribution in [3.8, 4) is 11.4 Å². The fraction of sp³-hybridized carbons (Fsp3) is 0.286. The first-order valence-electron chi connectivity index (χ1n) is 9.70. The molecule has 0 saturated carbocycles. The summed E-state index contributed by atoms with van der Waals surface area (Å²) < 4.78 is 0. The molecule has 1 aromatic carbocycles. The predicted molar refractivity (Wildman–Crippen MR) is 117 cm³/mol. The van der Waals surface area contributed by atoms with Crippen LogP contribution in [0.1, 0.15) is 37.6 Å². The zero-order valence-electron chi connectivity index (χ0n) is 17.3. The first kappa shape index (κ1) is 21.1. The average molecular weight is 406 g/mol. The van der Waals surface area contributed by atoms with Crippen molar-refractivity contribution in [3.63, 3.8) is 0 Å². The Bertz CT molecular complexity index is 1010. The van der Waals surface area contributed by atoms with Crippen LogP contribution in [0.3, 0.4) is 0 Å².